The fourth-order valence-corrected chi connectivity index (χ4v) is 8.96. The molecule has 1 rings (SSSR count). The van der Waals surface area contributed by atoms with Crippen LogP contribution in [0.2, 0.25) is 16.6 Å². The van der Waals surface area contributed by atoms with Crippen LogP contribution < -0.4 is 0 Å². The van der Waals surface area contributed by atoms with Crippen LogP contribution in [0.15, 0.2) is 30.3 Å². The molecule has 1 aromatic carbocycles. The average molecular weight is 361 g/mol. The molecule has 138 valence electrons. The third kappa shape index (κ3) is 5.45. The van der Waals surface area contributed by atoms with Gasteiger partial charge in [-0.25, -0.2) is 4.79 Å². The number of ether oxygens (including phenoxy) is 1. The third-order valence-corrected chi connectivity index (χ3v) is 11.3. The largest absolute Gasteiger partial charge is 0.445 e. The van der Waals surface area contributed by atoms with Crippen molar-refractivity contribution in [3.8, 4) is 11.5 Å². The SMILES string of the molecule is CC(C)[Si](C#CC(CCO)OC(=O)c1ccccc1)(C(C)C)C(C)C. The van der Waals surface area contributed by atoms with E-state index in [0.29, 0.717) is 28.6 Å². The standard InChI is InChI=1S/C21H32O3Si/c1-16(2)25(17(3)4,18(5)6)15-13-20(12-14-22)24-21(23)19-10-8-7-9-11-19/h7-11,16-18,20,22H,12,14H2,1-6H3. The fraction of sp³-hybridized carbons (Fsp3) is 0.571. The second-order valence-corrected chi connectivity index (χ2v) is 13.0. The van der Waals surface area contributed by atoms with Crippen LogP contribution in [0.5, 0.6) is 0 Å². The number of benzene rings is 1. The summed E-state index contributed by atoms with van der Waals surface area (Å²) in [5.74, 6) is 2.83. The molecule has 1 N–H and O–H groups in total. The Balaban J connectivity index is 3.08. The Kier molecular flexibility index (Phi) is 8.41. The summed E-state index contributed by atoms with van der Waals surface area (Å²) in [5.41, 5.74) is 5.62. The van der Waals surface area contributed by atoms with Crippen LogP contribution in [0.4, 0.5) is 0 Å². The van der Waals surface area contributed by atoms with Gasteiger partial charge in [-0.2, -0.15) is 0 Å². The van der Waals surface area contributed by atoms with Crippen molar-refractivity contribution in [1.82, 2.24) is 0 Å². The lowest BCUT2D eigenvalue weighted by Crippen LogP contribution is -2.43. The molecule has 4 heteroatoms. The minimum absolute atomic E-state index is 0.0546. The van der Waals surface area contributed by atoms with E-state index in [-0.39, 0.29) is 12.6 Å². The summed E-state index contributed by atoms with van der Waals surface area (Å²) in [4.78, 5) is 12.3. The van der Waals surface area contributed by atoms with E-state index in [1.54, 1.807) is 24.3 Å². The molecule has 0 bridgehead atoms. The smallest absolute Gasteiger partial charge is 0.339 e. The minimum atomic E-state index is -1.88. The zero-order valence-corrected chi connectivity index (χ0v) is 17.4. The lowest BCUT2D eigenvalue weighted by atomic mass is 10.2. The van der Waals surface area contributed by atoms with E-state index < -0.39 is 14.2 Å². The summed E-state index contributed by atoms with van der Waals surface area (Å²) in [7, 11) is -1.88. The molecule has 0 fully saturated rings. The maximum absolute atomic E-state index is 12.3. The van der Waals surface area contributed by atoms with E-state index >= 15 is 0 Å². The predicted molar refractivity (Wildman–Crippen MR) is 106 cm³/mol. The number of hydrogen-bond acceptors (Lipinski definition) is 3. The number of carbonyl (C=O) groups excluding carboxylic acids is 1. The van der Waals surface area contributed by atoms with Crippen molar-refractivity contribution in [1.29, 1.82) is 0 Å². The Morgan fingerprint density at radius 2 is 1.56 bits per heavy atom. The number of carbonyl (C=O) groups is 1. The van der Waals surface area contributed by atoms with E-state index in [1.807, 2.05) is 6.07 Å². The molecule has 0 saturated heterocycles. The van der Waals surface area contributed by atoms with Crippen LogP contribution in [-0.2, 0) is 4.74 Å². The van der Waals surface area contributed by atoms with Crippen LogP contribution in [0.3, 0.4) is 0 Å². The van der Waals surface area contributed by atoms with Crippen molar-refractivity contribution < 1.29 is 14.6 Å². The molecule has 25 heavy (non-hydrogen) atoms. The minimum Gasteiger partial charge on any atom is -0.445 e. The van der Waals surface area contributed by atoms with Gasteiger partial charge in [0, 0.05) is 13.0 Å². The van der Waals surface area contributed by atoms with Crippen molar-refractivity contribution in [3.63, 3.8) is 0 Å². The molecule has 0 radical (unpaired) electrons. The van der Waals surface area contributed by atoms with Gasteiger partial charge in [0.1, 0.15) is 8.07 Å². The second kappa shape index (κ2) is 9.79. The Bertz CT molecular complexity index is 575. The van der Waals surface area contributed by atoms with E-state index in [2.05, 4.69) is 53.0 Å². The monoisotopic (exact) mass is 360 g/mol. The second-order valence-electron chi connectivity index (χ2n) is 7.44. The first-order valence-corrected chi connectivity index (χ1v) is 11.4. The highest BCUT2D eigenvalue weighted by molar-refractivity contribution is 6.90. The number of aliphatic hydroxyl groups excluding tert-OH is 1. The summed E-state index contributed by atoms with van der Waals surface area (Å²) >= 11 is 0. The van der Waals surface area contributed by atoms with Crippen molar-refractivity contribution in [3.05, 3.63) is 35.9 Å². The summed E-state index contributed by atoms with van der Waals surface area (Å²) in [6.45, 7) is 13.4. The summed E-state index contributed by atoms with van der Waals surface area (Å²) in [6, 6.07) is 8.91. The van der Waals surface area contributed by atoms with Crippen molar-refractivity contribution in [2.75, 3.05) is 6.61 Å². The topological polar surface area (TPSA) is 46.5 Å². The van der Waals surface area contributed by atoms with E-state index in [9.17, 15) is 9.90 Å². The van der Waals surface area contributed by atoms with Gasteiger partial charge in [0.25, 0.3) is 0 Å². The molecular formula is C21H32O3Si. The van der Waals surface area contributed by atoms with Gasteiger partial charge in [0.05, 0.1) is 5.56 Å². The maximum atomic E-state index is 12.3. The van der Waals surface area contributed by atoms with Gasteiger partial charge in [-0.15, -0.1) is 5.54 Å². The van der Waals surface area contributed by atoms with E-state index in [1.165, 1.54) is 0 Å². The molecule has 0 aromatic heterocycles. The van der Waals surface area contributed by atoms with Crippen LogP contribution in [-0.4, -0.2) is 31.9 Å². The summed E-state index contributed by atoms with van der Waals surface area (Å²) < 4.78 is 5.56. The lowest BCUT2D eigenvalue weighted by Gasteiger charge is -2.38. The van der Waals surface area contributed by atoms with Crippen molar-refractivity contribution >= 4 is 14.0 Å². The molecule has 3 nitrogen and oxygen atoms in total. The Hall–Kier alpha value is -1.57. The first kappa shape index (κ1) is 21.5. The van der Waals surface area contributed by atoms with Gasteiger partial charge in [0.15, 0.2) is 6.10 Å². The highest BCUT2D eigenvalue weighted by atomic mass is 28.3. The Morgan fingerprint density at radius 1 is 1.04 bits per heavy atom. The maximum Gasteiger partial charge on any atom is 0.339 e. The number of rotatable bonds is 7. The highest BCUT2D eigenvalue weighted by Gasteiger charge is 2.41. The van der Waals surface area contributed by atoms with Gasteiger partial charge in [-0.05, 0) is 28.8 Å². The molecule has 0 heterocycles. The molecule has 0 saturated carbocycles. The number of hydrogen-bond donors (Lipinski definition) is 1. The molecule has 0 spiro atoms. The quantitative estimate of drug-likeness (QED) is 0.431. The van der Waals surface area contributed by atoms with Crippen LogP contribution >= 0.6 is 0 Å². The van der Waals surface area contributed by atoms with E-state index in [0.717, 1.165) is 0 Å². The normalized spacial score (nSPS) is 12.9. The molecule has 0 aliphatic rings. The van der Waals surface area contributed by atoms with E-state index in [4.69, 9.17) is 4.74 Å². The molecule has 1 unspecified atom stereocenters. The van der Waals surface area contributed by atoms with Crippen molar-refractivity contribution in [2.24, 2.45) is 0 Å². The van der Waals surface area contributed by atoms with Crippen LogP contribution in [0.1, 0.15) is 58.3 Å². The molecule has 0 aliphatic carbocycles. The summed E-state index contributed by atoms with van der Waals surface area (Å²) in [5, 5.41) is 9.33. The van der Waals surface area contributed by atoms with Crippen LogP contribution in [0, 0.1) is 11.5 Å². The van der Waals surface area contributed by atoms with Crippen molar-refractivity contribution in [2.45, 2.75) is 70.7 Å². The Labute approximate surface area is 153 Å². The Morgan fingerprint density at radius 3 is 2.00 bits per heavy atom. The first-order chi connectivity index (χ1) is 11.8. The zero-order chi connectivity index (χ0) is 19.0. The fourth-order valence-electron chi connectivity index (χ4n) is 3.69. The third-order valence-electron chi connectivity index (χ3n) is 4.97. The van der Waals surface area contributed by atoms with Gasteiger partial charge in [0.2, 0.25) is 0 Å². The molecule has 0 amide bonds. The van der Waals surface area contributed by atoms with Crippen LogP contribution in [0.25, 0.3) is 0 Å². The van der Waals surface area contributed by atoms with Gasteiger partial charge in [-0.3, -0.25) is 0 Å². The average Bonchev–Trinajstić information content (AvgIpc) is 2.55. The molecule has 1 atom stereocenters. The van der Waals surface area contributed by atoms with Gasteiger partial charge < -0.3 is 9.84 Å². The first-order valence-electron chi connectivity index (χ1n) is 9.15. The predicted octanol–water partition coefficient (Wildman–Crippen LogP) is 4.82. The number of aliphatic hydroxyl groups is 1. The number of esters is 1. The van der Waals surface area contributed by atoms with Gasteiger partial charge in [-0.1, -0.05) is 65.7 Å². The lowest BCUT2D eigenvalue weighted by molar-refractivity contribution is 0.0369. The molecule has 0 aliphatic heterocycles. The van der Waals surface area contributed by atoms with Gasteiger partial charge >= 0.3 is 5.97 Å². The summed E-state index contributed by atoms with van der Waals surface area (Å²) in [6.07, 6.45) is -0.231. The molecular weight excluding hydrogens is 328 g/mol. The zero-order valence-electron chi connectivity index (χ0n) is 16.4. The molecule has 1 aromatic rings. The highest BCUT2D eigenvalue weighted by Crippen LogP contribution is 2.40.